The maximum Gasteiger partial charge on any atom is 0.328 e. The smallest absolute Gasteiger partial charge is 0.328 e. The van der Waals surface area contributed by atoms with Crippen LogP contribution >= 0.6 is 11.6 Å². The van der Waals surface area contributed by atoms with Crippen molar-refractivity contribution in [1.29, 1.82) is 0 Å². The van der Waals surface area contributed by atoms with Gasteiger partial charge in [0.25, 0.3) is 0 Å². The molecule has 0 saturated heterocycles. The van der Waals surface area contributed by atoms with Gasteiger partial charge in [0.05, 0.1) is 6.61 Å². The van der Waals surface area contributed by atoms with E-state index in [0.29, 0.717) is 12.8 Å². The van der Waals surface area contributed by atoms with Crippen LogP contribution in [0.1, 0.15) is 26.7 Å². The van der Waals surface area contributed by atoms with E-state index in [9.17, 15) is 9.59 Å². The van der Waals surface area contributed by atoms with Crippen LogP contribution in [-0.2, 0) is 14.3 Å². The topological polar surface area (TPSA) is 43.4 Å². The molecule has 1 aliphatic rings. The minimum atomic E-state index is -1.20. The Bertz CT molecular complexity index is 298. The molecule has 3 nitrogen and oxygen atoms in total. The van der Waals surface area contributed by atoms with Crippen LogP contribution in [-0.4, -0.2) is 23.7 Å². The third kappa shape index (κ3) is 2.40. The highest BCUT2D eigenvalue weighted by atomic mass is 35.5. The van der Waals surface area contributed by atoms with Crippen LogP contribution in [0.15, 0.2) is 11.6 Å². The van der Waals surface area contributed by atoms with Gasteiger partial charge in [-0.3, -0.25) is 4.79 Å². The molecule has 15 heavy (non-hydrogen) atoms. The van der Waals surface area contributed by atoms with E-state index in [0.717, 1.165) is 11.9 Å². The standard InChI is InChI=1S/C11H15ClO3/c1-3-15-10(14)11(12)5-4-8(2)6-9(11)7-13/h4,7,9H,3,5-6H2,1-2H3. The molecule has 2 unspecified atom stereocenters. The number of halogens is 1. The van der Waals surface area contributed by atoms with Crippen molar-refractivity contribution in [2.24, 2.45) is 5.92 Å². The van der Waals surface area contributed by atoms with Crippen LogP contribution in [0.25, 0.3) is 0 Å². The van der Waals surface area contributed by atoms with Gasteiger partial charge in [-0.25, -0.2) is 0 Å². The number of alkyl halides is 1. The summed E-state index contributed by atoms with van der Waals surface area (Å²) in [6, 6.07) is 0. The molecule has 0 fully saturated rings. The van der Waals surface area contributed by atoms with E-state index in [1.807, 2.05) is 13.0 Å². The number of allylic oxidation sites excluding steroid dienone is 2. The van der Waals surface area contributed by atoms with Crippen molar-refractivity contribution >= 4 is 23.9 Å². The molecule has 0 N–H and O–H groups in total. The van der Waals surface area contributed by atoms with Crippen molar-refractivity contribution in [3.63, 3.8) is 0 Å². The number of esters is 1. The van der Waals surface area contributed by atoms with Crippen molar-refractivity contribution in [3.05, 3.63) is 11.6 Å². The van der Waals surface area contributed by atoms with Crippen LogP contribution in [0.3, 0.4) is 0 Å². The van der Waals surface area contributed by atoms with E-state index in [1.54, 1.807) is 6.92 Å². The molecule has 1 rings (SSSR count). The first kappa shape index (κ1) is 12.2. The maximum absolute atomic E-state index is 11.7. The predicted molar refractivity (Wildman–Crippen MR) is 57.8 cm³/mol. The van der Waals surface area contributed by atoms with E-state index in [-0.39, 0.29) is 6.61 Å². The number of carbonyl (C=O) groups is 2. The van der Waals surface area contributed by atoms with Gasteiger partial charge in [-0.1, -0.05) is 11.6 Å². The van der Waals surface area contributed by atoms with Gasteiger partial charge in [0.2, 0.25) is 0 Å². The van der Waals surface area contributed by atoms with E-state index in [4.69, 9.17) is 16.3 Å². The summed E-state index contributed by atoms with van der Waals surface area (Å²) < 4.78 is 4.89. The van der Waals surface area contributed by atoms with Gasteiger partial charge < -0.3 is 9.53 Å². The van der Waals surface area contributed by atoms with Gasteiger partial charge in [0.1, 0.15) is 6.29 Å². The normalized spacial score (nSPS) is 30.6. The maximum atomic E-state index is 11.7. The lowest BCUT2D eigenvalue weighted by Gasteiger charge is -2.32. The lowest BCUT2D eigenvalue weighted by atomic mass is 9.80. The molecule has 0 aromatic heterocycles. The highest BCUT2D eigenvalue weighted by Crippen LogP contribution is 2.38. The van der Waals surface area contributed by atoms with Gasteiger partial charge in [-0.2, -0.15) is 0 Å². The fraction of sp³-hybridized carbons (Fsp3) is 0.636. The van der Waals surface area contributed by atoms with E-state index in [2.05, 4.69) is 0 Å². The van der Waals surface area contributed by atoms with Crippen LogP contribution in [0.4, 0.5) is 0 Å². The molecule has 0 amide bonds. The molecule has 4 heteroatoms. The first-order valence-corrected chi connectivity index (χ1v) is 5.39. The van der Waals surface area contributed by atoms with Gasteiger partial charge in [0.15, 0.2) is 4.87 Å². The number of ether oxygens (including phenoxy) is 1. The average molecular weight is 231 g/mol. The van der Waals surface area contributed by atoms with E-state index < -0.39 is 16.8 Å². The second kappa shape index (κ2) is 4.79. The number of rotatable bonds is 3. The molecule has 84 valence electrons. The van der Waals surface area contributed by atoms with E-state index in [1.165, 1.54) is 0 Å². The van der Waals surface area contributed by atoms with Crippen molar-refractivity contribution < 1.29 is 14.3 Å². The Balaban J connectivity index is 2.90. The van der Waals surface area contributed by atoms with Crippen molar-refractivity contribution in [2.45, 2.75) is 31.6 Å². The quantitative estimate of drug-likeness (QED) is 0.323. The number of hydrogen-bond donors (Lipinski definition) is 0. The molecular formula is C11H15ClO3. The molecule has 0 saturated carbocycles. The monoisotopic (exact) mass is 230 g/mol. The summed E-state index contributed by atoms with van der Waals surface area (Å²) in [6.45, 7) is 3.93. The lowest BCUT2D eigenvalue weighted by molar-refractivity contribution is -0.149. The second-order valence-electron chi connectivity index (χ2n) is 3.78. The highest BCUT2D eigenvalue weighted by molar-refractivity contribution is 6.35. The highest BCUT2D eigenvalue weighted by Gasteiger charge is 2.46. The Morgan fingerprint density at radius 3 is 3.00 bits per heavy atom. The molecule has 0 radical (unpaired) electrons. The summed E-state index contributed by atoms with van der Waals surface area (Å²) in [4.78, 5) is 21.4. The fourth-order valence-corrected chi connectivity index (χ4v) is 1.97. The third-order valence-electron chi connectivity index (χ3n) is 2.66. The van der Waals surface area contributed by atoms with Crippen molar-refractivity contribution in [3.8, 4) is 0 Å². The average Bonchev–Trinajstić information content (AvgIpc) is 2.22. The van der Waals surface area contributed by atoms with Gasteiger partial charge in [0, 0.05) is 5.92 Å². The molecule has 0 spiro atoms. The first-order valence-electron chi connectivity index (χ1n) is 5.01. The predicted octanol–water partition coefficient (Wildman–Crippen LogP) is 2.08. The van der Waals surface area contributed by atoms with Crippen LogP contribution in [0, 0.1) is 5.92 Å². The largest absolute Gasteiger partial charge is 0.465 e. The van der Waals surface area contributed by atoms with Gasteiger partial charge >= 0.3 is 5.97 Å². The zero-order chi connectivity index (χ0) is 11.5. The second-order valence-corrected chi connectivity index (χ2v) is 4.46. The lowest BCUT2D eigenvalue weighted by Crippen LogP contribution is -2.44. The molecule has 1 aliphatic carbocycles. The molecule has 2 atom stereocenters. The number of aldehydes is 1. The van der Waals surface area contributed by atoms with Crippen LogP contribution < -0.4 is 0 Å². The summed E-state index contributed by atoms with van der Waals surface area (Å²) in [5, 5.41) is 0. The minimum absolute atomic E-state index is 0.279. The Kier molecular flexibility index (Phi) is 3.91. The zero-order valence-electron chi connectivity index (χ0n) is 8.96. The first-order chi connectivity index (χ1) is 7.04. The van der Waals surface area contributed by atoms with Crippen molar-refractivity contribution in [1.82, 2.24) is 0 Å². The molecule has 0 heterocycles. The third-order valence-corrected chi connectivity index (χ3v) is 3.25. The zero-order valence-corrected chi connectivity index (χ0v) is 9.71. The Morgan fingerprint density at radius 1 is 1.80 bits per heavy atom. The number of carbonyl (C=O) groups excluding carboxylic acids is 2. The van der Waals surface area contributed by atoms with Crippen LogP contribution in [0.2, 0.25) is 0 Å². The molecular weight excluding hydrogens is 216 g/mol. The Morgan fingerprint density at radius 2 is 2.47 bits per heavy atom. The molecule has 0 aliphatic heterocycles. The Hall–Kier alpha value is -0.830. The molecule has 0 bridgehead atoms. The SMILES string of the molecule is CCOC(=O)C1(Cl)CC=C(C)CC1C=O. The summed E-state index contributed by atoms with van der Waals surface area (Å²) in [5.74, 6) is -0.976. The molecule has 0 aromatic carbocycles. The fourth-order valence-electron chi connectivity index (χ4n) is 1.71. The van der Waals surface area contributed by atoms with E-state index >= 15 is 0 Å². The summed E-state index contributed by atoms with van der Waals surface area (Å²) in [5.41, 5.74) is 1.09. The van der Waals surface area contributed by atoms with Crippen LogP contribution in [0.5, 0.6) is 0 Å². The number of hydrogen-bond acceptors (Lipinski definition) is 3. The summed E-state index contributed by atoms with van der Waals surface area (Å²) in [6.07, 6.45) is 3.54. The van der Waals surface area contributed by atoms with Crippen molar-refractivity contribution in [2.75, 3.05) is 6.61 Å². The van der Waals surface area contributed by atoms with Gasteiger partial charge in [-0.05, 0) is 26.7 Å². The van der Waals surface area contributed by atoms with Gasteiger partial charge in [-0.15, -0.1) is 11.6 Å². The molecule has 0 aromatic rings. The minimum Gasteiger partial charge on any atom is -0.465 e. The Labute approximate surface area is 94.4 Å². The summed E-state index contributed by atoms with van der Waals surface area (Å²) >= 11 is 6.19. The summed E-state index contributed by atoms with van der Waals surface area (Å²) in [7, 11) is 0.